The Morgan fingerprint density at radius 3 is 2.89 bits per heavy atom. The van der Waals surface area contributed by atoms with Crippen molar-refractivity contribution >= 4 is 11.0 Å². The molecule has 4 nitrogen and oxygen atoms in total. The number of nitrogens with zero attached hydrogens (tertiary/aromatic N) is 3. The average Bonchev–Trinajstić information content (AvgIpc) is 2.81. The molecule has 0 saturated heterocycles. The van der Waals surface area contributed by atoms with Gasteiger partial charge in [-0.1, -0.05) is 30.7 Å². The number of fused-ring (bicyclic) bond motifs is 1. The minimum atomic E-state index is 0.967. The highest BCUT2D eigenvalue weighted by atomic mass is 15.4. The molecule has 2 aromatic rings. The number of para-hydroxylation sites is 1. The molecule has 1 aromatic heterocycles. The van der Waals surface area contributed by atoms with Crippen molar-refractivity contribution in [2.45, 2.75) is 39.2 Å². The van der Waals surface area contributed by atoms with Crippen molar-refractivity contribution in [1.29, 1.82) is 0 Å². The Bertz CT molecular complexity index is 464. The van der Waals surface area contributed by atoms with E-state index in [9.17, 15) is 0 Å². The lowest BCUT2D eigenvalue weighted by Gasteiger charge is -2.04. The molecule has 1 aromatic carbocycles. The summed E-state index contributed by atoms with van der Waals surface area (Å²) >= 11 is 0. The van der Waals surface area contributed by atoms with E-state index in [1.165, 1.54) is 25.7 Å². The maximum atomic E-state index is 4.19. The van der Waals surface area contributed by atoms with Crippen LogP contribution < -0.4 is 5.32 Å². The molecule has 0 bridgehead atoms. The molecule has 4 heteroatoms. The number of hydrogen-bond acceptors (Lipinski definition) is 3. The maximum absolute atomic E-state index is 4.19. The second kappa shape index (κ2) is 7.11. The van der Waals surface area contributed by atoms with E-state index in [0.29, 0.717) is 0 Å². The number of benzene rings is 1. The van der Waals surface area contributed by atoms with Crippen LogP contribution in [0.2, 0.25) is 0 Å². The summed E-state index contributed by atoms with van der Waals surface area (Å²) in [5, 5.41) is 11.8. The van der Waals surface area contributed by atoms with Crippen LogP contribution in [-0.2, 0) is 6.54 Å². The first kappa shape index (κ1) is 13.0. The van der Waals surface area contributed by atoms with Crippen LogP contribution in [0.4, 0.5) is 0 Å². The summed E-state index contributed by atoms with van der Waals surface area (Å²) in [4.78, 5) is 0. The maximum Gasteiger partial charge on any atom is 0.113 e. The van der Waals surface area contributed by atoms with E-state index in [0.717, 1.165) is 30.7 Å². The summed E-state index contributed by atoms with van der Waals surface area (Å²) in [6.45, 7) is 5.43. The van der Waals surface area contributed by atoms with Crippen LogP contribution in [0.25, 0.3) is 11.0 Å². The van der Waals surface area contributed by atoms with Crippen LogP contribution in [-0.4, -0.2) is 28.1 Å². The molecule has 18 heavy (non-hydrogen) atoms. The van der Waals surface area contributed by atoms with Crippen molar-refractivity contribution in [3.05, 3.63) is 24.3 Å². The highest BCUT2D eigenvalue weighted by Crippen LogP contribution is 2.10. The van der Waals surface area contributed by atoms with Gasteiger partial charge in [-0.3, -0.25) is 0 Å². The monoisotopic (exact) mass is 246 g/mol. The molecule has 1 heterocycles. The lowest BCUT2D eigenvalue weighted by molar-refractivity contribution is 0.527. The number of aryl methyl sites for hydroxylation is 1. The topological polar surface area (TPSA) is 42.7 Å². The Kier molecular flexibility index (Phi) is 5.15. The highest BCUT2D eigenvalue weighted by Gasteiger charge is 2.02. The minimum absolute atomic E-state index is 0.967. The number of nitrogens with one attached hydrogen (secondary N) is 1. The molecule has 1 N–H and O–H groups in total. The Hall–Kier alpha value is -1.42. The Morgan fingerprint density at radius 1 is 1.11 bits per heavy atom. The molecule has 0 saturated carbocycles. The highest BCUT2D eigenvalue weighted by molar-refractivity contribution is 5.73. The fourth-order valence-corrected chi connectivity index (χ4v) is 2.07. The van der Waals surface area contributed by atoms with Crippen molar-refractivity contribution < 1.29 is 0 Å². The SMILES string of the molecule is CCCNCCCCCn1nnc2ccccc21. The molecule has 0 radical (unpaired) electrons. The van der Waals surface area contributed by atoms with Crippen molar-refractivity contribution in [2.24, 2.45) is 0 Å². The second-order valence-corrected chi connectivity index (χ2v) is 4.61. The van der Waals surface area contributed by atoms with Crippen molar-refractivity contribution in [3.63, 3.8) is 0 Å². The van der Waals surface area contributed by atoms with Gasteiger partial charge in [0, 0.05) is 6.54 Å². The van der Waals surface area contributed by atoms with E-state index in [2.05, 4.69) is 28.6 Å². The summed E-state index contributed by atoms with van der Waals surface area (Å²) in [6, 6.07) is 8.13. The molecule has 0 atom stereocenters. The van der Waals surface area contributed by atoms with E-state index in [4.69, 9.17) is 0 Å². The number of hydrogen-bond donors (Lipinski definition) is 1. The van der Waals surface area contributed by atoms with Crippen LogP contribution in [0.3, 0.4) is 0 Å². The lowest BCUT2D eigenvalue weighted by atomic mass is 10.2. The van der Waals surface area contributed by atoms with Crippen LogP contribution in [0.5, 0.6) is 0 Å². The van der Waals surface area contributed by atoms with E-state index < -0.39 is 0 Å². The van der Waals surface area contributed by atoms with Crippen LogP contribution in [0, 0.1) is 0 Å². The summed E-state index contributed by atoms with van der Waals surface area (Å²) in [5.74, 6) is 0. The molecule has 0 aliphatic carbocycles. The number of rotatable bonds is 8. The zero-order valence-electron chi connectivity index (χ0n) is 11.1. The van der Waals surface area contributed by atoms with E-state index in [1.807, 2.05) is 22.9 Å². The van der Waals surface area contributed by atoms with Gasteiger partial charge in [0.2, 0.25) is 0 Å². The first-order chi connectivity index (χ1) is 8.92. The van der Waals surface area contributed by atoms with Crippen LogP contribution in [0.15, 0.2) is 24.3 Å². The van der Waals surface area contributed by atoms with Crippen LogP contribution >= 0.6 is 0 Å². The van der Waals surface area contributed by atoms with Gasteiger partial charge in [-0.25, -0.2) is 4.68 Å². The fourth-order valence-electron chi connectivity index (χ4n) is 2.07. The van der Waals surface area contributed by atoms with Gasteiger partial charge in [0.1, 0.15) is 5.52 Å². The molecule has 0 fully saturated rings. The van der Waals surface area contributed by atoms with Gasteiger partial charge >= 0.3 is 0 Å². The predicted octanol–water partition coefficient (Wildman–Crippen LogP) is 2.60. The zero-order chi connectivity index (χ0) is 12.6. The van der Waals surface area contributed by atoms with Crippen molar-refractivity contribution in [2.75, 3.05) is 13.1 Å². The molecule has 0 spiro atoms. The van der Waals surface area contributed by atoms with E-state index >= 15 is 0 Å². The Balaban J connectivity index is 1.70. The molecule has 0 amide bonds. The summed E-state index contributed by atoms with van der Waals surface area (Å²) in [7, 11) is 0. The second-order valence-electron chi connectivity index (χ2n) is 4.61. The Morgan fingerprint density at radius 2 is 2.00 bits per heavy atom. The van der Waals surface area contributed by atoms with Gasteiger partial charge in [0.15, 0.2) is 0 Å². The van der Waals surface area contributed by atoms with Gasteiger partial charge in [0.05, 0.1) is 5.52 Å². The lowest BCUT2D eigenvalue weighted by Crippen LogP contribution is -2.15. The zero-order valence-corrected chi connectivity index (χ0v) is 11.1. The molecule has 0 aliphatic heterocycles. The predicted molar refractivity (Wildman–Crippen MR) is 74.5 cm³/mol. The standard InChI is InChI=1S/C14H22N4/c1-2-10-15-11-6-3-7-12-18-14-9-5-4-8-13(14)16-17-18/h4-5,8-9,15H,2-3,6-7,10-12H2,1H3. The van der Waals surface area contributed by atoms with Gasteiger partial charge in [-0.15, -0.1) is 5.10 Å². The summed E-state index contributed by atoms with van der Waals surface area (Å²) < 4.78 is 2.01. The third-order valence-corrected chi connectivity index (χ3v) is 3.07. The van der Waals surface area contributed by atoms with Crippen LogP contribution in [0.1, 0.15) is 32.6 Å². The van der Waals surface area contributed by atoms with Gasteiger partial charge in [0.25, 0.3) is 0 Å². The summed E-state index contributed by atoms with van der Waals surface area (Å²) in [6.07, 6.45) is 4.86. The van der Waals surface area contributed by atoms with Gasteiger partial charge in [-0.05, 0) is 44.5 Å². The summed E-state index contributed by atoms with van der Waals surface area (Å²) in [5.41, 5.74) is 2.13. The normalized spacial score (nSPS) is 11.2. The molecule has 0 aliphatic rings. The average molecular weight is 246 g/mol. The molecular weight excluding hydrogens is 224 g/mol. The van der Waals surface area contributed by atoms with E-state index in [1.54, 1.807) is 0 Å². The number of unbranched alkanes of at least 4 members (excludes halogenated alkanes) is 2. The first-order valence-corrected chi connectivity index (χ1v) is 6.91. The van der Waals surface area contributed by atoms with Crippen molar-refractivity contribution in [3.8, 4) is 0 Å². The smallest absolute Gasteiger partial charge is 0.113 e. The third kappa shape index (κ3) is 3.53. The fraction of sp³-hybridized carbons (Fsp3) is 0.571. The first-order valence-electron chi connectivity index (χ1n) is 6.91. The van der Waals surface area contributed by atoms with Crippen molar-refractivity contribution in [1.82, 2.24) is 20.3 Å². The molecule has 2 rings (SSSR count). The minimum Gasteiger partial charge on any atom is -0.317 e. The quantitative estimate of drug-likeness (QED) is 0.728. The molecule has 98 valence electrons. The number of aromatic nitrogens is 3. The molecular formula is C14H22N4. The third-order valence-electron chi connectivity index (χ3n) is 3.07. The van der Waals surface area contributed by atoms with E-state index in [-0.39, 0.29) is 0 Å². The van der Waals surface area contributed by atoms with Gasteiger partial charge in [-0.2, -0.15) is 0 Å². The molecule has 0 unspecified atom stereocenters. The van der Waals surface area contributed by atoms with Gasteiger partial charge < -0.3 is 5.32 Å². The Labute approximate surface area is 108 Å². The largest absolute Gasteiger partial charge is 0.317 e.